The molecule has 1 aromatic rings. The van der Waals surface area contributed by atoms with Gasteiger partial charge in [-0.15, -0.1) is 0 Å². The number of nitro groups is 2. The van der Waals surface area contributed by atoms with Crippen LogP contribution in [0.15, 0.2) is 12.1 Å². The van der Waals surface area contributed by atoms with Crippen molar-refractivity contribution in [1.82, 2.24) is 0 Å². The Labute approximate surface area is 136 Å². The van der Waals surface area contributed by atoms with E-state index in [4.69, 9.17) is 0 Å². The fourth-order valence-electron chi connectivity index (χ4n) is 2.36. The maximum atomic E-state index is 13.1. The Hall–Kier alpha value is -2.40. The Morgan fingerprint density at radius 2 is 1.48 bits per heavy atom. The van der Waals surface area contributed by atoms with Crippen molar-refractivity contribution in [3.63, 3.8) is 0 Å². The predicted molar refractivity (Wildman–Crippen MR) is 73.3 cm³/mol. The Kier molecular flexibility index (Phi) is 5.65. The normalized spacial score (nSPS) is 13.8. The van der Waals surface area contributed by atoms with E-state index in [1.165, 1.54) is 13.8 Å². The lowest BCUT2D eigenvalue weighted by atomic mass is 9.84. The molecule has 1 atom stereocenters. The minimum atomic E-state index is -5.86. The molecule has 140 valence electrons. The third kappa shape index (κ3) is 4.37. The van der Waals surface area contributed by atoms with Crippen molar-refractivity contribution in [1.29, 1.82) is 0 Å². The van der Waals surface area contributed by atoms with Gasteiger partial charge in [0, 0.05) is 6.07 Å². The van der Waals surface area contributed by atoms with E-state index in [-0.39, 0.29) is 12.5 Å². The molecule has 0 aliphatic heterocycles. The molecule has 0 aliphatic carbocycles. The third-order valence-electron chi connectivity index (χ3n) is 3.67. The van der Waals surface area contributed by atoms with Crippen LogP contribution < -0.4 is 0 Å². The van der Waals surface area contributed by atoms with Gasteiger partial charge >= 0.3 is 12.4 Å². The molecule has 0 fully saturated rings. The molecule has 0 radical (unpaired) electrons. The summed E-state index contributed by atoms with van der Waals surface area (Å²) < 4.78 is 78.5. The highest BCUT2D eigenvalue weighted by Crippen LogP contribution is 2.52. The quantitative estimate of drug-likeness (QED) is 0.401. The van der Waals surface area contributed by atoms with E-state index in [2.05, 4.69) is 0 Å². The number of nitro benzene ring substituents is 2. The van der Waals surface area contributed by atoms with Crippen molar-refractivity contribution in [2.75, 3.05) is 0 Å². The molecule has 25 heavy (non-hydrogen) atoms. The van der Waals surface area contributed by atoms with Crippen molar-refractivity contribution >= 4 is 11.4 Å². The van der Waals surface area contributed by atoms with E-state index in [0.29, 0.717) is 6.07 Å². The molecule has 6 nitrogen and oxygen atoms in total. The molecule has 1 aromatic carbocycles. The minimum absolute atomic E-state index is 0.0216. The second kappa shape index (κ2) is 6.84. The summed E-state index contributed by atoms with van der Waals surface area (Å²) in [5.41, 5.74) is -4.86. The first-order valence-electron chi connectivity index (χ1n) is 6.81. The van der Waals surface area contributed by atoms with Gasteiger partial charge in [0.05, 0.1) is 21.5 Å². The van der Waals surface area contributed by atoms with Crippen LogP contribution in [0.3, 0.4) is 0 Å². The van der Waals surface area contributed by atoms with Crippen molar-refractivity contribution in [3.8, 4) is 0 Å². The van der Waals surface area contributed by atoms with Gasteiger partial charge in [-0.3, -0.25) is 20.2 Å². The van der Waals surface area contributed by atoms with E-state index < -0.39 is 56.5 Å². The molecule has 12 heteroatoms. The first-order chi connectivity index (χ1) is 11.2. The van der Waals surface area contributed by atoms with Crippen LogP contribution in [0.2, 0.25) is 0 Å². The number of halogens is 6. The molecular formula is C13H12F6N2O4. The van der Waals surface area contributed by atoms with E-state index in [9.17, 15) is 46.6 Å². The van der Waals surface area contributed by atoms with Crippen LogP contribution in [0, 0.1) is 20.2 Å². The van der Waals surface area contributed by atoms with Gasteiger partial charge in [0.1, 0.15) is 0 Å². The average Bonchev–Trinajstić information content (AvgIpc) is 2.42. The fourth-order valence-corrected chi connectivity index (χ4v) is 2.36. The number of hydrogen-bond donors (Lipinski definition) is 0. The average molecular weight is 374 g/mol. The number of hydrogen-bond acceptors (Lipinski definition) is 4. The largest absolute Gasteiger partial charge is 0.404 e. The standard InChI is InChI=1S/C13H12F6N2O4/c1-3-6(2)8-4-7(20(22)23)5-9(21(24)25)10(8)11(12(14,15)16)13(17,18)19/h4-6,11H,3H2,1-2H3. The SMILES string of the molecule is CCC(C)c1cc([N+](=O)[O-])cc([N+](=O)[O-])c1C(C(F)(F)F)C(F)(F)F. The van der Waals surface area contributed by atoms with Crippen molar-refractivity contribution in [2.24, 2.45) is 0 Å². The van der Waals surface area contributed by atoms with Crippen LogP contribution in [0.5, 0.6) is 0 Å². The second-order valence-corrected chi connectivity index (χ2v) is 5.31. The lowest BCUT2D eigenvalue weighted by molar-refractivity contribution is -0.395. The molecule has 1 unspecified atom stereocenters. The van der Waals surface area contributed by atoms with Gasteiger partial charge in [-0.05, 0) is 17.9 Å². The number of nitrogens with zero attached hydrogens (tertiary/aromatic N) is 2. The second-order valence-electron chi connectivity index (χ2n) is 5.31. The van der Waals surface area contributed by atoms with Gasteiger partial charge in [-0.1, -0.05) is 13.8 Å². The molecule has 0 spiro atoms. The first kappa shape index (κ1) is 20.6. The molecule has 0 N–H and O–H groups in total. The van der Waals surface area contributed by atoms with E-state index in [1.54, 1.807) is 0 Å². The number of benzene rings is 1. The highest BCUT2D eigenvalue weighted by Gasteiger charge is 2.60. The monoisotopic (exact) mass is 374 g/mol. The maximum Gasteiger partial charge on any atom is 0.404 e. The van der Waals surface area contributed by atoms with E-state index >= 15 is 0 Å². The van der Waals surface area contributed by atoms with Crippen molar-refractivity contribution < 1.29 is 36.2 Å². The van der Waals surface area contributed by atoms with Crippen LogP contribution in [0.1, 0.15) is 43.2 Å². The molecular weight excluding hydrogens is 362 g/mol. The van der Waals surface area contributed by atoms with Gasteiger partial charge in [0.15, 0.2) is 5.92 Å². The molecule has 0 aliphatic rings. The summed E-state index contributed by atoms with van der Waals surface area (Å²) in [6.07, 6.45) is -11.7. The van der Waals surface area contributed by atoms with Crippen LogP contribution in [-0.2, 0) is 0 Å². The lowest BCUT2D eigenvalue weighted by Gasteiger charge is -2.26. The molecule has 0 heterocycles. The zero-order valence-electron chi connectivity index (χ0n) is 12.8. The summed E-state index contributed by atoms with van der Waals surface area (Å²) in [6, 6.07) is 0.646. The van der Waals surface area contributed by atoms with Gasteiger partial charge in [0.2, 0.25) is 0 Å². The first-order valence-corrected chi connectivity index (χ1v) is 6.81. The highest BCUT2D eigenvalue weighted by molar-refractivity contribution is 5.57. The van der Waals surface area contributed by atoms with Crippen molar-refractivity contribution in [2.45, 2.75) is 44.5 Å². The van der Waals surface area contributed by atoms with Gasteiger partial charge < -0.3 is 0 Å². The summed E-state index contributed by atoms with van der Waals surface area (Å²) in [5, 5.41) is 21.9. The molecule has 0 aromatic heterocycles. The van der Waals surface area contributed by atoms with Crippen LogP contribution in [0.4, 0.5) is 37.7 Å². The van der Waals surface area contributed by atoms with E-state index in [1.807, 2.05) is 0 Å². The zero-order chi connectivity index (χ0) is 19.7. The van der Waals surface area contributed by atoms with Crippen LogP contribution in [0.25, 0.3) is 0 Å². The number of non-ortho nitro benzene ring substituents is 1. The van der Waals surface area contributed by atoms with Gasteiger partial charge in [0.25, 0.3) is 11.4 Å². The summed E-state index contributed by atoms with van der Waals surface area (Å²) in [7, 11) is 0. The molecule has 0 amide bonds. The zero-order valence-corrected chi connectivity index (χ0v) is 12.8. The highest BCUT2D eigenvalue weighted by atomic mass is 19.4. The Balaban J connectivity index is 3.99. The molecule has 0 bridgehead atoms. The summed E-state index contributed by atoms with van der Waals surface area (Å²) in [6.45, 7) is 2.66. The van der Waals surface area contributed by atoms with Crippen molar-refractivity contribution in [3.05, 3.63) is 43.5 Å². The topological polar surface area (TPSA) is 86.3 Å². The Bertz CT molecular complexity index is 672. The fraction of sp³-hybridized carbons (Fsp3) is 0.538. The van der Waals surface area contributed by atoms with Gasteiger partial charge in [-0.2, -0.15) is 26.3 Å². The summed E-state index contributed by atoms with van der Waals surface area (Å²) in [4.78, 5) is 19.3. The third-order valence-corrected chi connectivity index (χ3v) is 3.67. The number of rotatable bonds is 5. The van der Waals surface area contributed by atoms with Crippen LogP contribution in [-0.4, -0.2) is 22.2 Å². The smallest absolute Gasteiger partial charge is 0.258 e. The predicted octanol–water partition coefficient (Wildman–Crippen LogP) is 5.22. The maximum absolute atomic E-state index is 13.1. The molecule has 1 rings (SSSR count). The van der Waals surface area contributed by atoms with Crippen LogP contribution >= 0.6 is 0 Å². The minimum Gasteiger partial charge on any atom is -0.258 e. The Morgan fingerprint density at radius 3 is 1.80 bits per heavy atom. The lowest BCUT2D eigenvalue weighted by Crippen LogP contribution is -2.35. The Morgan fingerprint density at radius 1 is 1.00 bits per heavy atom. The number of alkyl halides is 6. The summed E-state index contributed by atoms with van der Waals surface area (Å²) >= 11 is 0. The van der Waals surface area contributed by atoms with Gasteiger partial charge in [-0.25, -0.2) is 0 Å². The van der Waals surface area contributed by atoms with E-state index in [0.717, 1.165) is 0 Å². The summed E-state index contributed by atoms with van der Waals surface area (Å²) in [5.74, 6) is -5.12. The molecule has 0 saturated carbocycles. The molecule has 0 saturated heterocycles.